The molecule has 0 saturated carbocycles. The molecule has 0 aromatic heterocycles. The molecule has 25 heavy (non-hydrogen) atoms. The van der Waals surface area contributed by atoms with Crippen LogP contribution in [0.25, 0.3) is 0 Å². The number of carbonyl (C=O) groups is 1. The summed E-state index contributed by atoms with van der Waals surface area (Å²) in [6.07, 6.45) is 0. The highest BCUT2D eigenvalue weighted by Gasteiger charge is 2.40. The molecule has 0 heterocycles. The molecule has 0 aliphatic carbocycles. The molecule has 1 N–H and O–H groups in total. The van der Waals surface area contributed by atoms with Crippen LogP contribution >= 0.6 is 0 Å². The smallest absolute Gasteiger partial charge is 0.338 e. The van der Waals surface area contributed by atoms with Gasteiger partial charge in [-0.25, -0.2) is 9.18 Å². The molecule has 0 aliphatic rings. The zero-order chi connectivity index (χ0) is 18.4. The predicted octanol–water partition coefficient (Wildman–Crippen LogP) is 3.05. The van der Waals surface area contributed by atoms with Gasteiger partial charge in [-0.3, -0.25) is 4.21 Å². The van der Waals surface area contributed by atoms with Crippen LogP contribution in [0.3, 0.4) is 0 Å². The quantitative estimate of drug-likeness (QED) is 0.767. The number of hydrogen-bond acceptors (Lipinski definition) is 4. The van der Waals surface area contributed by atoms with Gasteiger partial charge in [0.2, 0.25) is 0 Å². The van der Waals surface area contributed by atoms with Crippen molar-refractivity contribution in [3.63, 3.8) is 0 Å². The van der Waals surface area contributed by atoms with E-state index >= 15 is 0 Å². The van der Waals surface area contributed by atoms with Crippen molar-refractivity contribution in [2.75, 3.05) is 13.3 Å². The van der Waals surface area contributed by atoms with E-state index in [0.717, 1.165) is 5.56 Å². The van der Waals surface area contributed by atoms with Gasteiger partial charge in [-0.05, 0) is 38.1 Å². The summed E-state index contributed by atoms with van der Waals surface area (Å²) < 4.78 is 31.2. The maximum Gasteiger partial charge on any atom is 0.338 e. The van der Waals surface area contributed by atoms with E-state index in [4.69, 9.17) is 4.74 Å². The topological polar surface area (TPSA) is 63.6 Å². The van der Waals surface area contributed by atoms with Gasteiger partial charge >= 0.3 is 5.97 Å². The highest BCUT2D eigenvalue weighted by molar-refractivity contribution is 7.85. The van der Waals surface area contributed by atoms with Gasteiger partial charge in [0.1, 0.15) is 18.9 Å². The Bertz CT molecular complexity index is 733. The molecule has 0 fully saturated rings. The van der Waals surface area contributed by atoms with Gasteiger partial charge in [-0.15, -0.1) is 0 Å². The Morgan fingerprint density at radius 2 is 1.80 bits per heavy atom. The van der Waals surface area contributed by atoms with Crippen LogP contribution in [0.4, 0.5) is 4.39 Å². The van der Waals surface area contributed by atoms with E-state index in [9.17, 15) is 18.5 Å². The highest BCUT2D eigenvalue weighted by Crippen LogP contribution is 2.23. The van der Waals surface area contributed by atoms with Gasteiger partial charge in [0.05, 0.1) is 21.6 Å². The minimum atomic E-state index is -2.03. The van der Waals surface area contributed by atoms with Crippen molar-refractivity contribution in [2.24, 2.45) is 0 Å². The van der Waals surface area contributed by atoms with E-state index in [0.29, 0.717) is 10.5 Å². The molecule has 6 heteroatoms. The zero-order valence-corrected chi connectivity index (χ0v) is 15.0. The first-order chi connectivity index (χ1) is 11.9. The summed E-state index contributed by atoms with van der Waals surface area (Å²) in [6.45, 7) is 1.63. The van der Waals surface area contributed by atoms with Crippen LogP contribution in [0.2, 0.25) is 0 Å². The van der Waals surface area contributed by atoms with Crippen LogP contribution in [0.5, 0.6) is 0 Å². The lowest BCUT2D eigenvalue weighted by Gasteiger charge is -2.30. The lowest BCUT2D eigenvalue weighted by molar-refractivity contribution is -0.0446. The Morgan fingerprint density at radius 3 is 2.36 bits per heavy atom. The number of hydrogen-bond donors (Lipinski definition) is 1. The van der Waals surface area contributed by atoms with Gasteiger partial charge in [-0.2, -0.15) is 0 Å². The summed E-state index contributed by atoms with van der Waals surface area (Å²) in [7, 11) is -1.65. The number of benzene rings is 2. The summed E-state index contributed by atoms with van der Waals surface area (Å²) in [5.74, 6) is -0.666. The van der Waals surface area contributed by atoms with Gasteiger partial charge in [0, 0.05) is 4.90 Å². The standard InChI is InChI=1S/C19H21FO4S/c1-14-8-10-17(11-9-14)25(23)15(2)19(22,12-20)13-24-18(21)16-6-4-3-5-7-16/h3-11,15,22H,12-13H2,1-2H3/t15-,19+,25+/m0/s1. The fraction of sp³-hybridized carbons (Fsp3) is 0.316. The maximum atomic E-state index is 13.5. The van der Waals surface area contributed by atoms with Crippen LogP contribution in [-0.2, 0) is 15.5 Å². The monoisotopic (exact) mass is 364 g/mol. The SMILES string of the molecule is Cc1ccc([S@](=O)[C@@H](C)[C@@](O)(CF)COC(=O)c2ccccc2)cc1. The fourth-order valence-corrected chi connectivity index (χ4v) is 3.53. The molecular weight excluding hydrogens is 343 g/mol. The van der Waals surface area contributed by atoms with Gasteiger partial charge in [0.15, 0.2) is 0 Å². The summed E-state index contributed by atoms with van der Waals surface area (Å²) in [5, 5.41) is 9.57. The van der Waals surface area contributed by atoms with Crippen LogP contribution in [-0.4, -0.2) is 39.4 Å². The Kier molecular flexibility index (Phi) is 6.45. The molecule has 0 unspecified atom stereocenters. The number of esters is 1. The summed E-state index contributed by atoms with van der Waals surface area (Å²) in [4.78, 5) is 12.5. The summed E-state index contributed by atoms with van der Waals surface area (Å²) in [5.41, 5.74) is -0.720. The Hall–Kier alpha value is -2.05. The summed E-state index contributed by atoms with van der Waals surface area (Å²) in [6, 6.07) is 15.2. The molecule has 134 valence electrons. The predicted molar refractivity (Wildman–Crippen MR) is 94.7 cm³/mol. The van der Waals surface area contributed by atoms with Crippen molar-refractivity contribution in [1.82, 2.24) is 0 Å². The number of halogens is 1. The van der Waals surface area contributed by atoms with Gasteiger partial charge in [-0.1, -0.05) is 35.9 Å². The normalized spacial score (nSPS) is 15.8. The van der Waals surface area contributed by atoms with Gasteiger partial charge in [0.25, 0.3) is 0 Å². The second-order valence-electron chi connectivity index (χ2n) is 5.93. The van der Waals surface area contributed by atoms with Crippen molar-refractivity contribution < 1.29 is 23.2 Å². The fourth-order valence-electron chi connectivity index (χ4n) is 2.19. The van der Waals surface area contributed by atoms with E-state index in [1.807, 2.05) is 6.92 Å². The molecule has 0 amide bonds. The first-order valence-electron chi connectivity index (χ1n) is 7.85. The number of ether oxygens (including phenoxy) is 1. The van der Waals surface area contributed by atoms with Crippen LogP contribution in [0.15, 0.2) is 59.5 Å². The van der Waals surface area contributed by atoms with Crippen LogP contribution in [0, 0.1) is 6.92 Å². The summed E-state index contributed by atoms with van der Waals surface area (Å²) >= 11 is 0. The van der Waals surface area contributed by atoms with Crippen LogP contribution < -0.4 is 0 Å². The number of rotatable bonds is 7. The minimum absolute atomic E-state index is 0.302. The molecule has 0 aliphatic heterocycles. The Morgan fingerprint density at radius 1 is 1.20 bits per heavy atom. The van der Waals surface area contributed by atoms with E-state index < -0.39 is 40.9 Å². The van der Waals surface area contributed by atoms with Gasteiger partial charge < -0.3 is 9.84 Å². The van der Waals surface area contributed by atoms with E-state index in [1.165, 1.54) is 6.92 Å². The third kappa shape index (κ3) is 4.74. The number of alkyl halides is 1. The molecule has 3 atom stereocenters. The largest absolute Gasteiger partial charge is 0.459 e. The molecule has 0 saturated heterocycles. The molecule has 2 aromatic carbocycles. The van der Waals surface area contributed by atoms with Crippen molar-refractivity contribution in [3.8, 4) is 0 Å². The molecule has 2 aromatic rings. The molecule has 0 spiro atoms. The minimum Gasteiger partial charge on any atom is -0.459 e. The van der Waals surface area contributed by atoms with E-state index in [-0.39, 0.29) is 0 Å². The number of carbonyl (C=O) groups excluding carboxylic acids is 1. The lowest BCUT2D eigenvalue weighted by Crippen LogP contribution is -2.49. The first kappa shape index (κ1) is 19.3. The van der Waals surface area contributed by atoms with Crippen molar-refractivity contribution in [1.29, 1.82) is 0 Å². The maximum absolute atomic E-state index is 13.5. The highest BCUT2D eigenvalue weighted by atomic mass is 32.2. The zero-order valence-electron chi connectivity index (χ0n) is 14.1. The number of aliphatic hydroxyl groups is 1. The Balaban J connectivity index is 2.08. The van der Waals surface area contributed by atoms with E-state index in [1.54, 1.807) is 54.6 Å². The second kappa shape index (κ2) is 8.36. The molecular formula is C19H21FO4S. The number of aryl methyl sites for hydroxylation is 1. The molecule has 4 nitrogen and oxygen atoms in total. The first-order valence-corrected chi connectivity index (χ1v) is 9.06. The molecule has 0 radical (unpaired) electrons. The average molecular weight is 364 g/mol. The third-order valence-corrected chi connectivity index (χ3v) is 5.84. The third-order valence-electron chi connectivity index (χ3n) is 4.03. The van der Waals surface area contributed by atoms with Crippen molar-refractivity contribution in [2.45, 2.75) is 29.6 Å². The van der Waals surface area contributed by atoms with Crippen molar-refractivity contribution in [3.05, 3.63) is 65.7 Å². The van der Waals surface area contributed by atoms with Crippen molar-refractivity contribution >= 4 is 16.8 Å². The second-order valence-corrected chi connectivity index (χ2v) is 7.71. The van der Waals surface area contributed by atoms with E-state index in [2.05, 4.69) is 0 Å². The average Bonchev–Trinajstić information content (AvgIpc) is 2.66. The molecule has 2 rings (SSSR count). The van der Waals surface area contributed by atoms with Crippen LogP contribution in [0.1, 0.15) is 22.8 Å². The molecule has 0 bridgehead atoms. The Labute approximate surface area is 149 Å². The lowest BCUT2D eigenvalue weighted by atomic mass is 10.0.